The van der Waals surface area contributed by atoms with Gasteiger partial charge in [0, 0.05) is 10.4 Å². The minimum atomic E-state index is 0.199. The second-order valence-corrected chi connectivity index (χ2v) is 4.00. The molecule has 64 valence electrons. The molecule has 0 amide bonds. The van der Waals surface area contributed by atoms with Gasteiger partial charge < -0.3 is 4.74 Å². The van der Waals surface area contributed by atoms with Crippen LogP contribution in [0.2, 0.25) is 5.02 Å². The molecule has 0 aromatic heterocycles. The third-order valence-electron chi connectivity index (χ3n) is 2.36. The van der Waals surface area contributed by atoms with E-state index < -0.39 is 0 Å². The summed E-state index contributed by atoms with van der Waals surface area (Å²) in [5.41, 5.74) is 1.48. The molecule has 0 bridgehead atoms. The maximum absolute atomic E-state index is 5.89. The number of ether oxygens (including phenoxy) is 1. The first-order valence-corrected chi connectivity index (χ1v) is 4.42. The second kappa shape index (κ2) is 2.75. The van der Waals surface area contributed by atoms with Gasteiger partial charge in [-0.2, -0.15) is 0 Å². The Hall–Kier alpha value is -0.530. The number of hydrogen-bond donors (Lipinski definition) is 0. The molecule has 2 heteroatoms. The highest BCUT2D eigenvalue weighted by Gasteiger charge is 2.34. The third-order valence-corrected chi connectivity index (χ3v) is 2.60. The number of hydrogen-bond acceptors (Lipinski definition) is 1. The average Bonchev–Trinajstić information content (AvgIpc) is 2.00. The molecule has 1 nitrogen and oxygen atoms in total. The summed E-state index contributed by atoms with van der Waals surface area (Å²) in [6.07, 6.45) is 0. The molecule has 1 fully saturated rings. The predicted octanol–water partition coefficient (Wildman–Crippen LogP) is 2.63. The van der Waals surface area contributed by atoms with E-state index in [0.29, 0.717) is 0 Å². The summed E-state index contributed by atoms with van der Waals surface area (Å²) in [5, 5.41) is 0.806. The van der Waals surface area contributed by atoms with E-state index in [2.05, 4.69) is 13.0 Å². The molecule has 1 aliphatic rings. The van der Waals surface area contributed by atoms with Crippen LogP contribution < -0.4 is 0 Å². The smallest absolute Gasteiger partial charge is 0.0582 e. The predicted molar refractivity (Wildman–Crippen MR) is 49.6 cm³/mol. The van der Waals surface area contributed by atoms with Crippen molar-refractivity contribution < 1.29 is 4.74 Å². The molecule has 1 saturated heterocycles. The van der Waals surface area contributed by atoms with Gasteiger partial charge in [-0.25, -0.2) is 0 Å². The molecule has 2 rings (SSSR count). The second-order valence-electron chi connectivity index (χ2n) is 3.56. The fourth-order valence-corrected chi connectivity index (χ4v) is 1.63. The zero-order valence-corrected chi connectivity index (χ0v) is 7.77. The Bertz CT molecular complexity index is 292. The van der Waals surface area contributed by atoms with Crippen molar-refractivity contribution in [3.8, 4) is 0 Å². The molecule has 0 unspecified atom stereocenters. The van der Waals surface area contributed by atoms with E-state index in [-0.39, 0.29) is 5.41 Å². The van der Waals surface area contributed by atoms with E-state index in [0.717, 1.165) is 18.2 Å². The zero-order valence-electron chi connectivity index (χ0n) is 7.01. The van der Waals surface area contributed by atoms with Crippen molar-refractivity contribution in [1.82, 2.24) is 0 Å². The molecule has 1 aliphatic heterocycles. The van der Waals surface area contributed by atoms with Gasteiger partial charge in [0.1, 0.15) is 0 Å². The number of rotatable bonds is 1. The van der Waals surface area contributed by atoms with Crippen molar-refractivity contribution in [2.45, 2.75) is 12.3 Å². The van der Waals surface area contributed by atoms with Crippen LogP contribution >= 0.6 is 11.6 Å². The van der Waals surface area contributed by atoms with Crippen LogP contribution in [0.1, 0.15) is 12.5 Å². The Balaban J connectivity index is 2.33. The Labute approximate surface area is 77.3 Å². The molecule has 1 aromatic rings. The van der Waals surface area contributed by atoms with Crippen LogP contribution in [-0.4, -0.2) is 13.2 Å². The van der Waals surface area contributed by atoms with Gasteiger partial charge in [-0.05, 0) is 17.7 Å². The van der Waals surface area contributed by atoms with E-state index >= 15 is 0 Å². The normalized spacial score (nSPS) is 20.2. The fourth-order valence-electron chi connectivity index (χ4n) is 1.44. The Morgan fingerprint density at radius 3 is 2.67 bits per heavy atom. The molecule has 0 atom stereocenters. The maximum atomic E-state index is 5.89. The van der Waals surface area contributed by atoms with Crippen LogP contribution in [0.3, 0.4) is 0 Å². The minimum Gasteiger partial charge on any atom is -0.379 e. The van der Waals surface area contributed by atoms with Crippen LogP contribution in [0.15, 0.2) is 24.3 Å². The largest absolute Gasteiger partial charge is 0.379 e. The van der Waals surface area contributed by atoms with Gasteiger partial charge in [-0.1, -0.05) is 30.7 Å². The maximum Gasteiger partial charge on any atom is 0.0582 e. The summed E-state index contributed by atoms with van der Waals surface area (Å²) >= 11 is 5.89. The lowest BCUT2D eigenvalue weighted by molar-refractivity contribution is -0.0500. The molecule has 0 spiro atoms. The van der Waals surface area contributed by atoms with Crippen LogP contribution in [0.25, 0.3) is 0 Å². The van der Waals surface area contributed by atoms with Gasteiger partial charge in [0.05, 0.1) is 13.2 Å². The average molecular weight is 183 g/mol. The third kappa shape index (κ3) is 1.23. The highest BCUT2D eigenvalue weighted by Crippen LogP contribution is 2.32. The molecular formula is C10H11ClO. The number of benzene rings is 1. The van der Waals surface area contributed by atoms with E-state index in [1.807, 2.05) is 18.2 Å². The lowest BCUT2D eigenvalue weighted by Gasteiger charge is -2.38. The summed E-state index contributed by atoms with van der Waals surface area (Å²) in [7, 11) is 0. The molecule has 0 N–H and O–H groups in total. The van der Waals surface area contributed by atoms with Crippen molar-refractivity contribution in [2.24, 2.45) is 0 Å². The van der Waals surface area contributed by atoms with E-state index in [9.17, 15) is 0 Å². The topological polar surface area (TPSA) is 9.23 Å². The molecule has 1 heterocycles. The highest BCUT2D eigenvalue weighted by molar-refractivity contribution is 6.30. The van der Waals surface area contributed by atoms with Crippen molar-refractivity contribution in [2.75, 3.05) is 13.2 Å². The molecule has 12 heavy (non-hydrogen) atoms. The van der Waals surface area contributed by atoms with Crippen molar-refractivity contribution in [3.05, 3.63) is 34.9 Å². The van der Waals surface area contributed by atoms with Crippen molar-refractivity contribution >= 4 is 11.6 Å². The molecule has 0 saturated carbocycles. The Morgan fingerprint density at radius 1 is 1.42 bits per heavy atom. The van der Waals surface area contributed by atoms with Crippen LogP contribution in [0.5, 0.6) is 0 Å². The lowest BCUT2D eigenvalue weighted by Crippen LogP contribution is -2.43. The molecule has 0 aliphatic carbocycles. The first-order chi connectivity index (χ1) is 5.71. The first-order valence-electron chi connectivity index (χ1n) is 4.04. The van der Waals surface area contributed by atoms with Crippen LogP contribution in [-0.2, 0) is 10.2 Å². The van der Waals surface area contributed by atoms with Gasteiger partial charge in [-0.15, -0.1) is 0 Å². The van der Waals surface area contributed by atoms with E-state index in [4.69, 9.17) is 16.3 Å². The summed E-state index contributed by atoms with van der Waals surface area (Å²) < 4.78 is 5.19. The van der Waals surface area contributed by atoms with Gasteiger partial charge >= 0.3 is 0 Å². The van der Waals surface area contributed by atoms with E-state index in [1.54, 1.807) is 0 Å². The number of halogens is 1. The molecular weight excluding hydrogens is 172 g/mol. The SMILES string of the molecule is CC1(c2cccc(Cl)c2)COC1. The monoisotopic (exact) mass is 182 g/mol. The van der Waals surface area contributed by atoms with Crippen molar-refractivity contribution in [1.29, 1.82) is 0 Å². The van der Waals surface area contributed by atoms with E-state index in [1.165, 1.54) is 5.56 Å². The van der Waals surface area contributed by atoms with Gasteiger partial charge in [0.25, 0.3) is 0 Å². The Morgan fingerprint density at radius 2 is 2.17 bits per heavy atom. The van der Waals surface area contributed by atoms with Gasteiger partial charge in [-0.3, -0.25) is 0 Å². The lowest BCUT2D eigenvalue weighted by atomic mass is 9.81. The summed E-state index contributed by atoms with van der Waals surface area (Å²) in [5.74, 6) is 0. The summed E-state index contributed by atoms with van der Waals surface area (Å²) in [6, 6.07) is 8.01. The summed E-state index contributed by atoms with van der Waals surface area (Å²) in [4.78, 5) is 0. The Kier molecular flexibility index (Phi) is 1.85. The van der Waals surface area contributed by atoms with Gasteiger partial charge in [0.2, 0.25) is 0 Å². The van der Waals surface area contributed by atoms with Crippen molar-refractivity contribution in [3.63, 3.8) is 0 Å². The fraction of sp³-hybridized carbons (Fsp3) is 0.400. The minimum absolute atomic E-state index is 0.199. The highest BCUT2D eigenvalue weighted by atomic mass is 35.5. The molecule has 0 radical (unpaired) electrons. The standard InChI is InChI=1S/C10H11ClO/c1-10(6-12-7-10)8-3-2-4-9(11)5-8/h2-5H,6-7H2,1H3. The quantitative estimate of drug-likeness (QED) is 0.649. The zero-order chi connectivity index (χ0) is 8.60. The molecule has 1 aromatic carbocycles. The van der Waals surface area contributed by atoms with Gasteiger partial charge in [0.15, 0.2) is 0 Å². The van der Waals surface area contributed by atoms with Crippen LogP contribution in [0.4, 0.5) is 0 Å². The summed E-state index contributed by atoms with van der Waals surface area (Å²) in [6.45, 7) is 3.82. The van der Waals surface area contributed by atoms with Crippen LogP contribution in [0, 0.1) is 0 Å². The first kappa shape index (κ1) is 8.09.